The summed E-state index contributed by atoms with van der Waals surface area (Å²) in [6, 6.07) is 3.37. The second-order valence-electron chi connectivity index (χ2n) is 4.53. The number of ether oxygens (including phenoxy) is 1. The second kappa shape index (κ2) is 4.78. The van der Waals surface area contributed by atoms with Gasteiger partial charge in [-0.05, 0) is 19.1 Å². The van der Waals surface area contributed by atoms with Crippen molar-refractivity contribution in [3.05, 3.63) is 29.8 Å². The van der Waals surface area contributed by atoms with Crippen LogP contribution in [-0.4, -0.2) is 17.8 Å². The van der Waals surface area contributed by atoms with Gasteiger partial charge in [0.2, 0.25) is 0 Å². The van der Waals surface area contributed by atoms with Crippen LogP contribution in [0.15, 0.2) is 18.2 Å². The average molecular weight is 230 g/mol. The fraction of sp³-hybridized carbons (Fsp3) is 0.500. The topological polar surface area (TPSA) is 29.5 Å². The van der Waals surface area contributed by atoms with Crippen molar-refractivity contribution < 1.29 is 18.6 Å². The third kappa shape index (κ3) is 3.17. The summed E-state index contributed by atoms with van der Waals surface area (Å²) in [5.41, 5.74) is -0.440. The Hall–Kier alpha value is -1.16. The van der Waals surface area contributed by atoms with Crippen molar-refractivity contribution in [2.24, 2.45) is 5.41 Å². The molecule has 0 aromatic heterocycles. The van der Waals surface area contributed by atoms with Crippen molar-refractivity contribution >= 4 is 0 Å². The van der Waals surface area contributed by atoms with Gasteiger partial charge in [-0.2, -0.15) is 0 Å². The van der Waals surface area contributed by atoms with Crippen molar-refractivity contribution in [3.8, 4) is 5.75 Å². The van der Waals surface area contributed by atoms with Crippen LogP contribution in [0.5, 0.6) is 5.75 Å². The lowest BCUT2D eigenvalue weighted by Gasteiger charge is -2.27. The summed E-state index contributed by atoms with van der Waals surface area (Å²) < 4.78 is 30.8. The summed E-state index contributed by atoms with van der Waals surface area (Å²) in [6.45, 7) is 5.55. The summed E-state index contributed by atoms with van der Waals surface area (Å²) in [4.78, 5) is 0. The maximum absolute atomic E-state index is 12.9. The minimum absolute atomic E-state index is 0.232. The van der Waals surface area contributed by atoms with Gasteiger partial charge in [0.05, 0.1) is 12.7 Å². The van der Waals surface area contributed by atoms with E-state index in [1.165, 1.54) is 6.07 Å². The van der Waals surface area contributed by atoms with Crippen LogP contribution in [0, 0.1) is 17.0 Å². The normalized spacial score (nSPS) is 13.6. The van der Waals surface area contributed by atoms with E-state index in [-0.39, 0.29) is 12.4 Å². The van der Waals surface area contributed by atoms with Crippen molar-refractivity contribution in [2.75, 3.05) is 6.61 Å². The van der Waals surface area contributed by atoms with E-state index in [0.717, 1.165) is 12.1 Å². The molecule has 0 bridgehead atoms. The lowest BCUT2D eigenvalue weighted by Crippen LogP contribution is -2.32. The Morgan fingerprint density at radius 2 is 1.94 bits per heavy atom. The van der Waals surface area contributed by atoms with Crippen LogP contribution in [0.1, 0.15) is 20.8 Å². The third-order valence-electron chi connectivity index (χ3n) is 2.63. The Balaban J connectivity index is 2.65. The van der Waals surface area contributed by atoms with Gasteiger partial charge < -0.3 is 9.84 Å². The molecular formula is C12H16F2O2. The molecule has 0 spiro atoms. The molecule has 1 rings (SSSR count). The molecular weight excluding hydrogens is 214 g/mol. The Labute approximate surface area is 93.9 Å². The Morgan fingerprint density at radius 3 is 2.44 bits per heavy atom. The molecule has 1 aromatic carbocycles. The van der Waals surface area contributed by atoms with Crippen molar-refractivity contribution in [1.29, 1.82) is 0 Å². The zero-order valence-corrected chi connectivity index (χ0v) is 9.63. The standard InChI is InChI=1S/C12H16F2O2/c1-8(15)12(2,3)7-16-9-4-5-10(13)11(14)6-9/h4-6,8,15H,7H2,1-3H3. The van der Waals surface area contributed by atoms with E-state index in [0.29, 0.717) is 0 Å². The molecule has 1 unspecified atom stereocenters. The van der Waals surface area contributed by atoms with Crippen LogP contribution in [-0.2, 0) is 0 Å². The molecule has 0 aliphatic rings. The summed E-state index contributed by atoms with van der Waals surface area (Å²) in [5.74, 6) is -1.58. The van der Waals surface area contributed by atoms with Crippen LogP contribution >= 0.6 is 0 Å². The Morgan fingerprint density at radius 1 is 1.31 bits per heavy atom. The molecule has 1 atom stereocenters. The summed E-state index contributed by atoms with van der Waals surface area (Å²) in [5, 5.41) is 9.44. The molecule has 0 radical (unpaired) electrons. The maximum Gasteiger partial charge on any atom is 0.162 e. The van der Waals surface area contributed by atoms with E-state index in [1.54, 1.807) is 6.92 Å². The van der Waals surface area contributed by atoms with Gasteiger partial charge >= 0.3 is 0 Å². The SMILES string of the molecule is CC(O)C(C)(C)COc1ccc(F)c(F)c1. The molecule has 0 aliphatic carbocycles. The van der Waals surface area contributed by atoms with Crippen LogP contribution in [0.2, 0.25) is 0 Å². The van der Waals surface area contributed by atoms with Gasteiger partial charge in [-0.3, -0.25) is 0 Å². The fourth-order valence-corrected chi connectivity index (χ4v) is 0.957. The zero-order valence-electron chi connectivity index (χ0n) is 9.63. The number of halogens is 2. The van der Waals surface area contributed by atoms with Gasteiger partial charge in [-0.25, -0.2) is 8.78 Å². The summed E-state index contributed by atoms with van der Waals surface area (Å²) in [6.07, 6.45) is -0.544. The van der Waals surface area contributed by atoms with Crippen LogP contribution in [0.25, 0.3) is 0 Å². The largest absolute Gasteiger partial charge is 0.493 e. The molecule has 1 N–H and O–H groups in total. The molecule has 0 amide bonds. The molecule has 0 saturated carbocycles. The summed E-state index contributed by atoms with van der Waals surface area (Å²) in [7, 11) is 0. The van der Waals surface area contributed by atoms with Crippen LogP contribution < -0.4 is 4.74 Å². The lowest BCUT2D eigenvalue weighted by molar-refractivity contribution is 0.0283. The van der Waals surface area contributed by atoms with E-state index in [4.69, 9.17) is 4.74 Å². The Bertz CT molecular complexity index is 362. The Kier molecular flexibility index (Phi) is 3.86. The minimum Gasteiger partial charge on any atom is -0.493 e. The maximum atomic E-state index is 12.9. The van der Waals surface area contributed by atoms with Gasteiger partial charge in [0.25, 0.3) is 0 Å². The molecule has 16 heavy (non-hydrogen) atoms. The quantitative estimate of drug-likeness (QED) is 0.861. The highest BCUT2D eigenvalue weighted by Gasteiger charge is 2.25. The first-order valence-corrected chi connectivity index (χ1v) is 5.09. The zero-order chi connectivity index (χ0) is 12.3. The summed E-state index contributed by atoms with van der Waals surface area (Å²) >= 11 is 0. The van der Waals surface area contributed by atoms with Crippen LogP contribution in [0.3, 0.4) is 0 Å². The van der Waals surface area contributed by atoms with Crippen molar-refractivity contribution in [2.45, 2.75) is 26.9 Å². The molecule has 0 fully saturated rings. The van der Waals surface area contributed by atoms with Gasteiger partial charge in [0.15, 0.2) is 11.6 Å². The number of hydrogen-bond donors (Lipinski definition) is 1. The second-order valence-corrected chi connectivity index (χ2v) is 4.53. The first kappa shape index (κ1) is 12.9. The molecule has 0 aliphatic heterocycles. The van der Waals surface area contributed by atoms with E-state index in [2.05, 4.69) is 0 Å². The molecule has 0 saturated heterocycles. The fourth-order valence-electron chi connectivity index (χ4n) is 0.957. The van der Waals surface area contributed by atoms with E-state index in [1.807, 2.05) is 13.8 Å². The lowest BCUT2D eigenvalue weighted by atomic mass is 9.89. The van der Waals surface area contributed by atoms with Gasteiger partial charge in [-0.1, -0.05) is 13.8 Å². The predicted molar refractivity (Wildman–Crippen MR) is 57.3 cm³/mol. The number of benzene rings is 1. The monoisotopic (exact) mass is 230 g/mol. The highest BCUT2D eigenvalue weighted by molar-refractivity contribution is 5.23. The first-order valence-electron chi connectivity index (χ1n) is 5.09. The van der Waals surface area contributed by atoms with Crippen LogP contribution in [0.4, 0.5) is 8.78 Å². The molecule has 0 heterocycles. The molecule has 2 nitrogen and oxygen atoms in total. The highest BCUT2D eigenvalue weighted by atomic mass is 19.2. The molecule has 1 aromatic rings. The van der Waals surface area contributed by atoms with E-state index >= 15 is 0 Å². The molecule has 4 heteroatoms. The first-order chi connectivity index (χ1) is 7.33. The number of aliphatic hydroxyl groups excluding tert-OH is 1. The number of aliphatic hydroxyl groups is 1. The average Bonchev–Trinajstić information content (AvgIpc) is 2.20. The highest BCUT2D eigenvalue weighted by Crippen LogP contribution is 2.23. The third-order valence-corrected chi connectivity index (χ3v) is 2.63. The van der Waals surface area contributed by atoms with Gasteiger partial charge in [-0.15, -0.1) is 0 Å². The van der Waals surface area contributed by atoms with E-state index < -0.39 is 23.2 Å². The smallest absolute Gasteiger partial charge is 0.162 e. The van der Waals surface area contributed by atoms with Gasteiger partial charge in [0.1, 0.15) is 5.75 Å². The minimum atomic E-state index is -0.938. The number of rotatable bonds is 4. The van der Waals surface area contributed by atoms with Crippen molar-refractivity contribution in [1.82, 2.24) is 0 Å². The van der Waals surface area contributed by atoms with E-state index in [9.17, 15) is 13.9 Å². The number of hydrogen-bond acceptors (Lipinski definition) is 2. The predicted octanol–water partition coefficient (Wildman–Crippen LogP) is 2.75. The molecule has 90 valence electrons. The van der Waals surface area contributed by atoms with Crippen molar-refractivity contribution in [3.63, 3.8) is 0 Å². The van der Waals surface area contributed by atoms with Gasteiger partial charge in [0, 0.05) is 11.5 Å².